The molecule has 1 N–H and O–H groups in total. The number of carbonyl (C=O) groups excluding carboxylic acids is 2. The summed E-state index contributed by atoms with van der Waals surface area (Å²) in [6.45, 7) is 1.13. The molecule has 3 aromatic rings. The maximum absolute atomic E-state index is 13.1. The van der Waals surface area contributed by atoms with Gasteiger partial charge in [-0.05, 0) is 34.5 Å². The number of nitrogens with zero attached hydrogens (tertiary/aromatic N) is 6. The smallest absolute Gasteiger partial charge is 0.244 e. The molecule has 2 amide bonds. The van der Waals surface area contributed by atoms with E-state index >= 15 is 0 Å². The van der Waals surface area contributed by atoms with Crippen LogP contribution in [-0.2, 0) is 29.1 Å². The molecule has 1 fully saturated rings. The second-order valence-corrected chi connectivity index (χ2v) is 7.20. The Morgan fingerprint density at radius 2 is 1.86 bits per heavy atom. The van der Waals surface area contributed by atoms with Gasteiger partial charge in [-0.3, -0.25) is 14.6 Å². The number of tetrazole rings is 1. The molecule has 1 saturated heterocycles. The lowest BCUT2D eigenvalue weighted by Gasteiger charge is -2.49. The van der Waals surface area contributed by atoms with Gasteiger partial charge in [0.25, 0.3) is 0 Å². The second-order valence-electron chi connectivity index (χ2n) is 7.20. The molecular weight excluding hydrogens is 370 g/mol. The highest BCUT2D eigenvalue weighted by Gasteiger charge is 2.50. The lowest BCUT2D eigenvalue weighted by atomic mass is 9.73. The van der Waals surface area contributed by atoms with Crippen molar-refractivity contribution in [3.63, 3.8) is 0 Å². The minimum Gasteiger partial charge on any atom is -0.350 e. The van der Waals surface area contributed by atoms with Crippen LogP contribution >= 0.6 is 0 Å². The maximum Gasteiger partial charge on any atom is 0.244 e. The fourth-order valence-electron chi connectivity index (χ4n) is 3.54. The van der Waals surface area contributed by atoms with E-state index in [9.17, 15) is 9.59 Å². The van der Waals surface area contributed by atoms with Gasteiger partial charge in [-0.15, -0.1) is 5.10 Å². The molecule has 9 heteroatoms. The maximum atomic E-state index is 13.1. The van der Waals surface area contributed by atoms with Crippen LogP contribution in [0.2, 0.25) is 0 Å². The number of amides is 2. The van der Waals surface area contributed by atoms with Gasteiger partial charge in [-0.2, -0.15) is 0 Å². The molecule has 148 valence electrons. The number of hydrogen-bond donors (Lipinski definition) is 1. The van der Waals surface area contributed by atoms with E-state index in [-0.39, 0.29) is 18.4 Å². The number of aromatic nitrogens is 5. The average molecular weight is 391 g/mol. The number of rotatable bonds is 7. The SMILES string of the molecule is O=C(Cn1cnnn1)N1CC(Cc2ccccc2)(C(=O)NCc2ccccn2)C1. The van der Waals surface area contributed by atoms with Crippen LogP contribution in [0.4, 0.5) is 0 Å². The molecule has 4 rings (SSSR count). The number of nitrogens with one attached hydrogen (secondary N) is 1. The van der Waals surface area contributed by atoms with Gasteiger partial charge in [0.05, 0.1) is 17.7 Å². The molecule has 0 bridgehead atoms. The minimum absolute atomic E-state index is 0.0595. The van der Waals surface area contributed by atoms with Crippen molar-refractivity contribution < 1.29 is 9.59 Å². The molecule has 0 spiro atoms. The van der Waals surface area contributed by atoms with Crippen molar-refractivity contribution in [2.24, 2.45) is 5.41 Å². The average Bonchev–Trinajstić information content (AvgIpc) is 3.23. The lowest BCUT2D eigenvalue weighted by molar-refractivity contribution is -0.154. The highest BCUT2D eigenvalue weighted by Crippen LogP contribution is 2.35. The first kappa shape index (κ1) is 18.7. The summed E-state index contributed by atoms with van der Waals surface area (Å²) >= 11 is 0. The van der Waals surface area contributed by atoms with Gasteiger partial charge in [-0.1, -0.05) is 36.4 Å². The summed E-state index contributed by atoms with van der Waals surface area (Å²) in [5.74, 6) is -0.183. The standard InChI is InChI=1S/C20H21N7O2/c28-18(12-27-15-23-24-25-27)26-13-20(14-26,10-16-6-2-1-3-7-16)19(29)22-11-17-8-4-5-9-21-17/h1-9,15H,10-14H2,(H,22,29). The van der Waals surface area contributed by atoms with Crippen LogP contribution in [0.25, 0.3) is 0 Å². The first-order chi connectivity index (χ1) is 14.1. The summed E-state index contributed by atoms with van der Waals surface area (Å²) in [6, 6.07) is 15.4. The molecule has 0 unspecified atom stereocenters. The first-order valence-electron chi connectivity index (χ1n) is 9.35. The van der Waals surface area contributed by atoms with E-state index in [4.69, 9.17) is 0 Å². The molecule has 0 aliphatic carbocycles. The highest BCUT2D eigenvalue weighted by atomic mass is 16.2. The van der Waals surface area contributed by atoms with Crippen molar-refractivity contribution in [3.8, 4) is 0 Å². The van der Waals surface area contributed by atoms with Gasteiger partial charge < -0.3 is 10.2 Å². The van der Waals surface area contributed by atoms with Crippen molar-refractivity contribution in [1.29, 1.82) is 0 Å². The molecule has 1 aliphatic heterocycles. The summed E-state index contributed by atoms with van der Waals surface area (Å²) in [5, 5.41) is 13.8. The van der Waals surface area contributed by atoms with E-state index in [0.29, 0.717) is 26.1 Å². The molecule has 0 saturated carbocycles. The van der Waals surface area contributed by atoms with E-state index < -0.39 is 5.41 Å². The monoisotopic (exact) mass is 391 g/mol. The van der Waals surface area contributed by atoms with E-state index in [1.165, 1.54) is 11.0 Å². The molecule has 3 heterocycles. The van der Waals surface area contributed by atoms with Crippen molar-refractivity contribution in [1.82, 2.24) is 35.4 Å². The third kappa shape index (κ3) is 4.29. The fraction of sp³-hybridized carbons (Fsp3) is 0.300. The van der Waals surface area contributed by atoms with E-state index in [2.05, 4.69) is 25.8 Å². The molecule has 29 heavy (non-hydrogen) atoms. The second kappa shape index (κ2) is 8.17. The molecular formula is C20H21N7O2. The Morgan fingerprint density at radius 3 is 2.55 bits per heavy atom. The number of benzene rings is 1. The summed E-state index contributed by atoms with van der Waals surface area (Å²) in [7, 11) is 0. The zero-order valence-corrected chi connectivity index (χ0v) is 15.8. The van der Waals surface area contributed by atoms with E-state index in [1.807, 2.05) is 48.5 Å². The quantitative estimate of drug-likeness (QED) is 0.627. The number of carbonyl (C=O) groups is 2. The van der Waals surface area contributed by atoms with Crippen LogP contribution < -0.4 is 5.32 Å². The summed E-state index contributed by atoms with van der Waals surface area (Å²) in [5.41, 5.74) is 1.20. The predicted molar refractivity (Wildman–Crippen MR) is 103 cm³/mol. The Kier molecular flexibility index (Phi) is 5.28. The Morgan fingerprint density at radius 1 is 1.07 bits per heavy atom. The number of hydrogen-bond acceptors (Lipinski definition) is 6. The number of pyridine rings is 1. The van der Waals surface area contributed by atoms with Gasteiger partial charge in [0.15, 0.2) is 0 Å². The third-order valence-corrected chi connectivity index (χ3v) is 5.05. The van der Waals surface area contributed by atoms with Gasteiger partial charge in [0.2, 0.25) is 11.8 Å². The number of likely N-dealkylation sites (tertiary alicyclic amines) is 1. The van der Waals surface area contributed by atoms with Crippen LogP contribution in [0.3, 0.4) is 0 Å². The fourth-order valence-corrected chi connectivity index (χ4v) is 3.54. The topological polar surface area (TPSA) is 106 Å². The third-order valence-electron chi connectivity index (χ3n) is 5.05. The zero-order chi connectivity index (χ0) is 20.1. The summed E-state index contributed by atoms with van der Waals surface area (Å²) in [6.07, 6.45) is 3.66. The zero-order valence-electron chi connectivity index (χ0n) is 15.8. The highest BCUT2D eigenvalue weighted by molar-refractivity contribution is 5.88. The van der Waals surface area contributed by atoms with Gasteiger partial charge in [0.1, 0.15) is 12.9 Å². The van der Waals surface area contributed by atoms with E-state index in [0.717, 1.165) is 11.3 Å². The van der Waals surface area contributed by atoms with Crippen molar-refractivity contribution in [2.75, 3.05) is 13.1 Å². The van der Waals surface area contributed by atoms with Crippen LogP contribution in [-0.4, -0.2) is 55.0 Å². The molecule has 0 atom stereocenters. The lowest BCUT2D eigenvalue weighted by Crippen LogP contribution is -2.66. The van der Waals surface area contributed by atoms with Crippen LogP contribution in [0.1, 0.15) is 11.3 Å². The largest absolute Gasteiger partial charge is 0.350 e. The Labute approximate surface area is 167 Å². The molecule has 2 aromatic heterocycles. The van der Waals surface area contributed by atoms with Crippen molar-refractivity contribution in [2.45, 2.75) is 19.5 Å². The van der Waals surface area contributed by atoms with Gasteiger partial charge in [0, 0.05) is 19.3 Å². The Bertz CT molecular complexity index is 955. The summed E-state index contributed by atoms with van der Waals surface area (Å²) in [4.78, 5) is 31.5. The minimum atomic E-state index is -0.660. The predicted octanol–water partition coefficient (Wildman–Crippen LogP) is 0.456. The summed E-state index contributed by atoms with van der Waals surface area (Å²) < 4.78 is 1.38. The van der Waals surface area contributed by atoms with Gasteiger partial charge >= 0.3 is 0 Å². The van der Waals surface area contributed by atoms with Gasteiger partial charge in [-0.25, -0.2) is 4.68 Å². The van der Waals surface area contributed by atoms with Crippen molar-refractivity contribution in [3.05, 3.63) is 72.3 Å². The van der Waals surface area contributed by atoms with Crippen molar-refractivity contribution >= 4 is 11.8 Å². The van der Waals surface area contributed by atoms with Crippen LogP contribution in [0.15, 0.2) is 61.1 Å². The first-order valence-corrected chi connectivity index (χ1v) is 9.35. The van der Waals surface area contributed by atoms with Crippen LogP contribution in [0.5, 0.6) is 0 Å². The molecule has 1 aromatic carbocycles. The normalized spacial score (nSPS) is 14.8. The molecule has 1 aliphatic rings. The Hall–Kier alpha value is -3.62. The Balaban J connectivity index is 1.44. The van der Waals surface area contributed by atoms with Crippen LogP contribution in [0, 0.1) is 5.41 Å². The molecule has 9 nitrogen and oxygen atoms in total. The molecule has 0 radical (unpaired) electrons. The van der Waals surface area contributed by atoms with E-state index in [1.54, 1.807) is 11.1 Å².